The van der Waals surface area contributed by atoms with Crippen LogP contribution in [0.2, 0.25) is 0 Å². The number of carboxylic acid groups (broad SMARTS) is 1. The highest BCUT2D eigenvalue weighted by atomic mass is 16.5. The van der Waals surface area contributed by atoms with Crippen LogP contribution in [0.15, 0.2) is 36.5 Å². The summed E-state index contributed by atoms with van der Waals surface area (Å²) in [6, 6.07) is 9.07. The van der Waals surface area contributed by atoms with Crippen molar-refractivity contribution in [2.75, 3.05) is 38.2 Å². The Kier molecular flexibility index (Phi) is 5.96. The fourth-order valence-electron chi connectivity index (χ4n) is 3.75. The van der Waals surface area contributed by atoms with Crippen LogP contribution in [0, 0.1) is 13.8 Å². The molecule has 1 aromatic heterocycles. The maximum Gasteiger partial charge on any atom is 0.325 e. The van der Waals surface area contributed by atoms with Crippen molar-refractivity contribution in [1.29, 1.82) is 0 Å². The molecule has 0 amide bonds. The molecule has 0 unspecified atom stereocenters. The quantitative estimate of drug-likeness (QED) is 0.874. The van der Waals surface area contributed by atoms with Gasteiger partial charge >= 0.3 is 5.97 Å². The minimum absolute atomic E-state index is 0.643. The molecule has 0 aliphatic carbocycles. The average Bonchev–Trinajstić information content (AvgIpc) is 2.89. The van der Waals surface area contributed by atoms with E-state index >= 15 is 0 Å². The first-order valence-electron chi connectivity index (χ1n) is 9.28. The van der Waals surface area contributed by atoms with Gasteiger partial charge in [-0.25, -0.2) is 0 Å². The molecule has 0 radical (unpaired) electrons. The second kappa shape index (κ2) is 8.39. The first kappa shape index (κ1) is 19.2. The van der Waals surface area contributed by atoms with Crippen LogP contribution in [0.4, 0.5) is 5.69 Å². The fourth-order valence-corrected chi connectivity index (χ4v) is 3.75. The Hall–Kier alpha value is -2.60. The topological polar surface area (TPSA) is 65.9 Å². The first-order chi connectivity index (χ1) is 13.0. The second-order valence-corrected chi connectivity index (χ2v) is 7.00. The van der Waals surface area contributed by atoms with Gasteiger partial charge in [0.25, 0.3) is 0 Å². The van der Waals surface area contributed by atoms with Crippen molar-refractivity contribution in [2.45, 2.75) is 26.3 Å². The number of methoxy groups -OCH3 is 1. The van der Waals surface area contributed by atoms with Crippen molar-refractivity contribution in [2.24, 2.45) is 0 Å². The Morgan fingerprint density at radius 1 is 1.15 bits per heavy atom. The SMILES string of the molecule is COc1ccc([C@@H](C(=O)O)N2CCCN(c3ccnc(C)c3)CC2)c(C)c1. The standard InChI is InChI=1S/C21H27N3O3/c1-15-13-18(27-3)5-6-19(15)20(21(25)26)24-10-4-9-23(11-12-24)17-7-8-22-16(2)14-17/h5-8,13-14,20H,4,9-12H2,1-3H3,(H,25,26)/t20-/m0/s1. The van der Waals surface area contributed by atoms with Crippen LogP contribution in [-0.4, -0.2) is 54.2 Å². The van der Waals surface area contributed by atoms with Crippen molar-refractivity contribution in [1.82, 2.24) is 9.88 Å². The van der Waals surface area contributed by atoms with E-state index in [0.29, 0.717) is 6.54 Å². The van der Waals surface area contributed by atoms with Crippen LogP contribution in [0.1, 0.15) is 29.3 Å². The van der Waals surface area contributed by atoms with Crippen molar-refractivity contribution in [3.8, 4) is 5.75 Å². The third-order valence-corrected chi connectivity index (χ3v) is 5.15. The van der Waals surface area contributed by atoms with E-state index in [1.807, 2.05) is 44.3 Å². The van der Waals surface area contributed by atoms with E-state index in [0.717, 1.165) is 54.3 Å². The normalized spacial score (nSPS) is 16.6. The molecule has 0 saturated carbocycles. The number of carboxylic acids is 1. The summed E-state index contributed by atoms with van der Waals surface area (Å²) in [5, 5.41) is 9.95. The lowest BCUT2D eigenvalue weighted by molar-refractivity contribution is -0.143. The monoisotopic (exact) mass is 369 g/mol. The molecule has 1 fully saturated rings. The summed E-state index contributed by atoms with van der Waals surface area (Å²) in [6.07, 6.45) is 2.74. The van der Waals surface area contributed by atoms with Gasteiger partial charge in [0.1, 0.15) is 11.8 Å². The summed E-state index contributed by atoms with van der Waals surface area (Å²) in [5.74, 6) is -0.0630. The predicted octanol–water partition coefficient (Wildman–Crippen LogP) is 3.05. The predicted molar refractivity (Wildman–Crippen MR) is 105 cm³/mol. The van der Waals surface area contributed by atoms with Crippen molar-refractivity contribution in [3.63, 3.8) is 0 Å². The van der Waals surface area contributed by atoms with E-state index in [-0.39, 0.29) is 0 Å². The molecule has 1 saturated heterocycles. The van der Waals surface area contributed by atoms with Gasteiger partial charge in [0.15, 0.2) is 0 Å². The molecule has 1 aromatic carbocycles. The third kappa shape index (κ3) is 4.39. The molecule has 0 bridgehead atoms. The van der Waals surface area contributed by atoms with Gasteiger partial charge in [-0.15, -0.1) is 0 Å². The summed E-state index contributed by atoms with van der Waals surface area (Å²) in [6.45, 7) is 7.08. The minimum atomic E-state index is -0.809. The Bertz CT molecular complexity index is 809. The van der Waals surface area contributed by atoms with Crippen LogP contribution >= 0.6 is 0 Å². The summed E-state index contributed by atoms with van der Waals surface area (Å²) in [4.78, 5) is 20.8. The molecule has 144 valence electrons. The van der Waals surface area contributed by atoms with Gasteiger partial charge in [-0.05, 0) is 55.7 Å². The molecule has 2 aromatic rings. The Morgan fingerprint density at radius 2 is 1.96 bits per heavy atom. The van der Waals surface area contributed by atoms with E-state index in [1.54, 1.807) is 7.11 Å². The van der Waals surface area contributed by atoms with Crippen molar-refractivity contribution in [3.05, 3.63) is 53.3 Å². The smallest absolute Gasteiger partial charge is 0.325 e. The van der Waals surface area contributed by atoms with E-state index < -0.39 is 12.0 Å². The first-order valence-corrected chi connectivity index (χ1v) is 9.28. The number of hydrogen-bond acceptors (Lipinski definition) is 5. The Balaban J connectivity index is 1.80. The molecule has 27 heavy (non-hydrogen) atoms. The van der Waals surface area contributed by atoms with Crippen LogP contribution in [0.3, 0.4) is 0 Å². The number of ether oxygens (including phenoxy) is 1. The fraction of sp³-hybridized carbons (Fsp3) is 0.429. The number of carbonyl (C=O) groups is 1. The molecule has 6 nitrogen and oxygen atoms in total. The summed E-state index contributed by atoms with van der Waals surface area (Å²) >= 11 is 0. The van der Waals surface area contributed by atoms with Gasteiger partial charge in [-0.1, -0.05) is 6.07 Å². The van der Waals surface area contributed by atoms with Crippen LogP contribution in [-0.2, 0) is 4.79 Å². The number of anilines is 1. The van der Waals surface area contributed by atoms with Gasteiger partial charge in [0, 0.05) is 43.8 Å². The molecule has 1 atom stereocenters. The highest BCUT2D eigenvalue weighted by Gasteiger charge is 2.30. The van der Waals surface area contributed by atoms with E-state index in [1.165, 1.54) is 0 Å². The van der Waals surface area contributed by atoms with Gasteiger partial charge in [0.05, 0.1) is 7.11 Å². The van der Waals surface area contributed by atoms with Crippen molar-refractivity contribution < 1.29 is 14.6 Å². The number of nitrogens with zero attached hydrogens (tertiary/aromatic N) is 3. The highest BCUT2D eigenvalue weighted by Crippen LogP contribution is 2.29. The molecule has 6 heteroatoms. The van der Waals surface area contributed by atoms with Crippen LogP contribution < -0.4 is 9.64 Å². The number of benzene rings is 1. The van der Waals surface area contributed by atoms with Gasteiger partial charge < -0.3 is 14.7 Å². The zero-order valence-corrected chi connectivity index (χ0v) is 16.2. The number of hydrogen-bond donors (Lipinski definition) is 1. The third-order valence-electron chi connectivity index (χ3n) is 5.15. The van der Waals surface area contributed by atoms with Gasteiger partial charge in [-0.3, -0.25) is 14.7 Å². The van der Waals surface area contributed by atoms with Gasteiger partial charge in [-0.2, -0.15) is 0 Å². The zero-order chi connectivity index (χ0) is 19.4. The maximum atomic E-state index is 12.1. The minimum Gasteiger partial charge on any atom is -0.497 e. The lowest BCUT2D eigenvalue weighted by Crippen LogP contribution is -2.37. The van der Waals surface area contributed by atoms with E-state index in [9.17, 15) is 9.90 Å². The number of pyridine rings is 1. The molecular weight excluding hydrogens is 342 g/mol. The van der Waals surface area contributed by atoms with Crippen molar-refractivity contribution >= 4 is 11.7 Å². The molecule has 1 aliphatic heterocycles. The van der Waals surface area contributed by atoms with Gasteiger partial charge in [0.2, 0.25) is 0 Å². The molecule has 1 aliphatic rings. The lowest BCUT2D eigenvalue weighted by Gasteiger charge is -2.29. The lowest BCUT2D eigenvalue weighted by atomic mass is 9.99. The summed E-state index contributed by atoms with van der Waals surface area (Å²) < 4.78 is 5.26. The van der Waals surface area contributed by atoms with E-state index in [2.05, 4.69) is 20.9 Å². The molecule has 2 heterocycles. The molecule has 3 rings (SSSR count). The number of aliphatic carboxylic acids is 1. The van der Waals surface area contributed by atoms with Crippen LogP contribution in [0.5, 0.6) is 5.75 Å². The zero-order valence-electron chi connectivity index (χ0n) is 16.2. The Labute approximate surface area is 160 Å². The van der Waals surface area contributed by atoms with E-state index in [4.69, 9.17) is 4.74 Å². The average molecular weight is 369 g/mol. The van der Waals surface area contributed by atoms with Crippen LogP contribution in [0.25, 0.3) is 0 Å². The number of aryl methyl sites for hydroxylation is 2. The Morgan fingerprint density at radius 3 is 2.63 bits per heavy atom. The second-order valence-electron chi connectivity index (χ2n) is 7.00. The largest absolute Gasteiger partial charge is 0.497 e. The molecular formula is C21H27N3O3. The summed E-state index contributed by atoms with van der Waals surface area (Å²) in [5.41, 5.74) is 3.91. The number of rotatable bonds is 5. The maximum absolute atomic E-state index is 12.1. The molecule has 0 spiro atoms. The molecule has 1 N–H and O–H groups in total. The number of aromatic nitrogens is 1. The summed E-state index contributed by atoms with van der Waals surface area (Å²) in [7, 11) is 1.62. The highest BCUT2D eigenvalue weighted by molar-refractivity contribution is 5.76.